The van der Waals surface area contributed by atoms with Crippen molar-refractivity contribution in [2.45, 2.75) is 27.2 Å². The van der Waals surface area contributed by atoms with E-state index in [-0.39, 0.29) is 32.7 Å². The third-order valence-corrected chi connectivity index (χ3v) is 2.31. The van der Waals surface area contributed by atoms with Crippen molar-refractivity contribution in [1.29, 1.82) is 0 Å². The summed E-state index contributed by atoms with van der Waals surface area (Å²) in [6.45, 7) is 6.94. The van der Waals surface area contributed by atoms with Crippen LogP contribution in [0.5, 0.6) is 0 Å². The fraction of sp³-hybridized carbons (Fsp3) is 0.875. The zero-order chi connectivity index (χ0) is 6.15. The van der Waals surface area contributed by atoms with Crippen molar-refractivity contribution in [3.63, 3.8) is 0 Å². The summed E-state index contributed by atoms with van der Waals surface area (Å²) in [7, 11) is 0. The Kier molecular flexibility index (Phi) is 4.58. The molecule has 1 radical (unpaired) electrons. The second-order valence-electron chi connectivity index (χ2n) is 3.24. The summed E-state index contributed by atoms with van der Waals surface area (Å²) in [5.74, 6) is 2.79. The SMILES string of the molecule is CC(C)[C@@H]1C[CH-]C1C.[Y]. The minimum Gasteiger partial charge on any atom is -0.325 e. The van der Waals surface area contributed by atoms with Gasteiger partial charge in [0.05, 0.1) is 0 Å². The van der Waals surface area contributed by atoms with Crippen LogP contribution >= 0.6 is 0 Å². The van der Waals surface area contributed by atoms with Gasteiger partial charge in [-0.05, 0) is 5.92 Å². The second kappa shape index (κ2) is 4.08. The minimum absolute atomic E-state index is 0. The first-order valence-corrected chi connectivity index (χ1v) is 3.55. The van der Waals surface area contributed by atoms with Gasteiger partial charge in [0.2, 0.25) is 0 Å². The molecule has 1 rings (SSSR count). The third kappa shape index (κ3) is 2.31. The summed E-state index contributed by atoms with van der Waals surface area (Å²) in [4.78, 5) is 0. The van der Waals surface area contributed by atoms with Crippen molar-refractivity contribution in [1.82, 2.24) is 0 Å². The maximum Gasteiger partial charge on any atom is 0 e. The Morgan fingerprint density at radius 1 is 1.44 bits per heavy atom. The topological polar surface area (TPSA) is 0 Å². The molecule has 1 saturated carbocycles. The molecule has 1 fully saturated rings. The molecule has 0 N–H and O–H groups in total. The van der Waals surface area contributed by atoms with E-state index in [1.807, 2.05) is 0 Å². The Hall–Kier alpha value is 1.10. The molecule has 0 nitrogen and oxygen atoms in total. The molecule has 0 saturated heterocycles. The van der Waals surface area contributed by atoms with Crippen LogP contribution < -0.4 is 0 Å². The predicted octanol–water partition coefficient (Wildman–Crippen LogP) is 2.50. The van der Waals surface area contributed by atoms with Crippen LogP contribution in [-0.2, 0) is 32.7 Å². The van der Waals surface area contributed by atoms with Gasteiger partial charge in [0, 0.05) is 32.7 Å². The van der Waals surface area contributed by atoms with Gasteiger partial charge in [-0.1, -0.05) is 26.7 Å². The van der Waals surface area contributed by atoms with E-state index in [1.165, 1.54) is 6.42 Å². The van der Waals surface area contributed by atoms with Crippen molar-refractivity contribution < 1.29 is 32.7 Å². The Bertz CT molecular complexity index is 73.9. The summed E-state index contributed by atoms with van der Waals surface area (Å²) in [6, 6.07) is 0. The van der Waals surface area contributed by atoms with Crippen LogP contribution in [0.1, 0.15) is 27.2 Å². The molecule has 0 amide bonds. The van der Waals surface area contributed by atoms with Crippen molar-refractivity contribution >= 4 is 0 Å². The molecule has 9 heavy (non-hydrogen) atoms. The normalized spacial score (nSPS) is 33.3. The molecule has 1 aliphatic carbocycles. The van der Waals surface area contributed by atoms with Gasteiger partial charge in [-0.2, -0.15) is 12.3 Å². The smallest absolute Gasteiger partial charge is 0 e. The van der Waals surface area contributed by atoms with Crippen molar-refractivity contribution in [2.75, 3.05) is 0 Å². The van der Waals surface area contributed by atoms with E-state index in [0.717, 1.165) is 17.8 Å². The van der Waals surface area contributed by atoms with Crippen LogP contribution in [0.2, 0.25) is 0 Å². The first kappa shape index (κ1) is 10.1. The molecule has 1 aliphatic rings. The average molecular weight is 200 g/mol. The van der Waals surface area contributed by atoms with Crippen molar-refractivity contribution in [3.8, 4) is 0 Å². The van der Waals surface area contributed by atoms with Crippen LogP contribution in [0.15, 0.2) is 0 Å². The third-order valence-electron chi connectivity index (χ3n) is 2.31. The van der Waals surface area contributed by atoms with Gasteiger partial charge in [-0.15, -0.1) is 0 Å². The molecule has 0 aromatic rings. The molecule has 1 unspecified atom stereocenters. The van der Waals surface area contributed by atoms with E-state index in [9.17, 15) is 0 Å². The number of hydrogen-bond donors (Lipinski definition) is 0. The average Bonchev–Trinajstić information content (AvgIpc) is 1.61. The van der Waals surface area contributed by atoms with E-state index >= 15 is 0 Å². The first-order valence-electron chi connectivity index (χ1n) is 3.55. The maximum atomic E-state index is 2.41. The van der Waals surface area contributed by atoms with Gasteiger partial charge in [0.25, 0.3) is 0 Å². The summed E-state index contributed by atoms with van der Waals surface area (Å²) in [5.41, 5.74) is 0. The van der Waals surface area contributed by atoms with Gasteiger partial charge in [-0.25, -0.2) is 0 Å². The molecule has 51 valence electrons. The Morgan fingerprint density at radius 2 is 2.00 bits per heavy atom. The Morgan fingerprint density at radius 3 is 2.00 bits per heavy atom. The first-order chi connectivity index (χ1) is 3.72. The van der Waals surface area contributed by atoms with Gasteiger partial charge in [0.1, 0.15) is 0 Å². The fourth-order valence-electron chi connectivity index (χ4n) is 1.44. The van der Waals surface area contributed by atoms with Crippen LogP contribution in [0, 0.1) is 24.2 Å². The Balaban J connectivity index is 0.000000640. The predicted molar refractivity (Wildman–Crippen MR) is 36.4 cm³/mol. The number of hydrogen-bond acceptors (Lipinski definition) is 0. The number of rotatable bonds is 1. The zero-order valence-corrected chi connectivity index (χ0v) is 9.43. The Labute approximate surface area is 83.7 Å². The minimum atomic E-state index is 0. The monoisotopic (exact) mass is 200 g/mol. The van der Waals surface area contributed by atoms with Gasteiger partial charge in [0.15, 0.2) is 0 Å². The molecule has 0 aliphatic heterocycles. The molecular weight excluding hydrogens is 185 g/mol. The van der Waals surface area contributed by atoms with Crippen LogP contribution in [-0.4, -0.2) is 0 Å². The molecule has 0 aromatic carbocycles. The van der Waals surface area contributed by atoms with Crippen molar-refractivity contribution in [3.05, 3.63) is 6.42 Å². The summed E-state index contributed by atoms with van der Waals surface area (Å²) < 4.78 is 0. The van der Waals surface area contributed by atoms with E-state index < -0.39 is 0 Å². The standard InChI is InChI=1S/C8H15.Y/c1-6(2)8-5-4-7(8)3;/h4,6-8H,5H2,1-3H3;/q-1;/t7?,8-;/m0./s1. The molecule has 0 aromatic heterocycles. The summed E-state index contributed by atoms with van der Waals surface area (Å²) in [6.07, 6.45) is 3.77. The van der Waals surface area contributed by atoms with Gasteiger partial charge < -0.3 is 6.42 Å². The van der Waals surface area contributed by atoms with E-state index in [1.54, 1.807) is 0 Å². The summed E-state index contributed by atoms with van der Waals surface area (Å²) in [5, 5.41) is 0. The van der Waals surface area contributed by atoms with Gasteiger partial charge >= 0.3 is 0 Å². The van der Waals surface area contributed by atoms with Crippen LogP contribution in [0.25, 0.3) is 0 Å². The molecule has 0 heterocycles. The molecule has 0 bridgehead atoms. The largest absolute Gasteiger partial charge is 0.325 e. The van der Waals surface area contributed by atoms with Crippen LogP contribution in [0.3, 0.4) is 0 Å². The maximum absolute atomic E-state index is 2.41. The van der Waals surface area contributed by atoms with Gasteiger partial charge in [-0.3, -0.25) is 0 Å². The fourth-order valence-corrected chi connectivity index (χ4v) is 1.44. The van der Waals surface area contributed by atoms with E-state index in [4.69, 9.17) is 0 Å². The van der Waals surface area contributed by atoms with Crippen LogP contribution in [0.4, 0.5) is 0 Å². The van der Waals surface area contributed by atoms with E-state index in [2.05, 4.69) is 27.2 Å². The summed E-state index contributed by atoms with van der Waals surface area (Å²) >= 11 is 0. The molecule has 2 atom stereocenters. The molecule has 0 spiro atoms. The van der Waals surface area contributed by atoms with E-state index in [0.29, 0.717) is 0 Å². The molecule has 1 heteroatoms. The quantitative estimate of drug-likeness (QED) is 0.570. The van der Waals surface area contributed by atoms with Crippen molar-refractivity contribution in [2.24, 2.45) is 17.8 Å². The zero-order valence-electron chi connectivity index (χ0n) is 6.59. The second-order valence-corrected chi connectivity index (χ2v) is 3.24. The molecular formula is C8H15Y-.